The zero-order valence-corrected chi connectivity index (χ0v) is 17.3. The van der Waals surface area contributed by atoms with Crippen LogP contribution < -0.4 is 5.56 Å². The molecule has 0 atom stereocenters. The van der Waals surface area contributed by atoms with E-state index in [0.717, 1.165) is 38.4 Å². The molecule has 1 N–H and O–H groups in total. The summed E-state index contributed by atoms with van der Waals surface area (Å²) in [5.74, 6) is -0.537. The Morgan fingerprint density at radius 3 is 2.66 bits per heavy atom. The van der Waals surface area contributed by atoms with Crippen molar-refractivity contribution in [2.45, 2.75) is 0 Å². The summed E-state index contributed by atoms with van der Waals surface area (Å²) in [4.78, 5) is 25.1. The Morgan fingerprint density at radius 1 is 0.875 bits per heavy atom. The van der Waals surface area contributed by atoms with Crippen LogP contribution in [0.3, 0.4) is 0 Å². The Hall–Kier alpha value is -4.03. The van der Waals surface area contributed by atoms with Gasteiger partial charge in [0.1, 0.15) is 11.5 Å². The maximum atomic E-state index is 13.8. The average Bonchev–Trinajstić information content (AvgIpc) is 3.28. The molecule has 0 fully saturated rings. The Labute approximate surface area is 185 Å². The summed E-state index contributed by atoms with van der Waals surface area (Å²) < 4.78 is 15.3. The fourth-order valence-corrected chi connectivity index (χ4v) is 4.24. The highest BCUT2D eigenvalue weighted by Gasteiger charge is 2.13. The molecule has 154 valence electrons. The Kier molecular flexibility index (Phi) is 4.10. The topological polar surface area (TPSA) is 63.6 Å². The third-order valence-corrected chi connectivity index (χ3v) is 5.90. The normalized spacial score (nSPS) is 11.6. The molecule has 0 saturated carbocycles. The van der Waals surface area contributed by atoms with Crippen LogP contribution in [0.25, 0.3) is 49.7 Å². The fraction of sp³-hybridized carbons (Fsp3) is 0. The fourth-order valence-electron chi connectivity index (χ4n) is 4.07. The lowest BCUT2D eigenvalue weighted by atomic mass is 10.0. The molecule has 7 heteroatoms. The van der Waals surface area contributed by atoms with Crippen molar-refractivity contribution in [2.75, 3.05) is 0 Å². The number of aromatic nitrogens is 4. The van der Waals surface area contributed by atoms with Gasteiger partial charge in [0.2, 0.25) is 0 Å². The number of halogens is 2. The van der Waals surface area contributed by atoms with Crippen molar-refractivity contribution >= 4 is 44.4 Å². The number of rotatable bonds is 2. The van der Waals surface area contributed by atoms with Crippen LogP contribution in [0.1, 0.15) is 0 Å². The van der Waals surface area contributed by atoms with Crippen LogP contribution in [0.15, 0.2) is 84.0 Å². The van der Waals surface area contributed by atoms with Crippen molar-refractivity contribution in [1.29, 1.82) is 0 Å². The second kappa shape index (κ2) is 7.00. The van der Waals surface area contributed by atoms with Gasteiger partial charge in [-0.2, -0.15) is 0 Å². The minimum absolute atomic E-state index is 0.0451. The molecular weight excluding hydrogens is 427 g/mol. The maximum absolute atomic E-state index is 13.8. The van der Waals surface area contributed by atoms with Crippen LogP contribution in [0.4, 0.5) is 4.39 Å². The van der Waals surface area contributed by atoms with Crippen LogP contribution in [0.5, 0.6) is 0 Å². The smallest absolute Gasteiger partial charge is 0.255 e. The molecule has 5 nitrogen and oxygen atoms in total. The summed E-state index contributed by atoms with van der Waals surface area (Å²) in [5, 5.41) is 2.55. The number of hydrogen-bond donors (Lipinski definition) is 1. The van der Waals surface area contributed by atoms with Crippen molar-refractivity contribution in [3.63, 3.8) is 0 Å². The van der Waals surface area contributed by atoms with Crippen molar-refractivity contribution in [3.05, 3.63) is 100 Å². The number of hydrogen-bond acceptors (Lipinski definition) is 3. The van der Waals surface area contributed by atoms with Gasteiger partial charge >= 0.3 is 0 Å². The van der Waals surface area contributed by atoms with Gasteiger partial charge in [0.05, 0.1) is 21.7 Å². The molecule has 4 heterocycles. The predicted octanol–water partition coefficient (Wildman–Crippen LogP) is 5.87. The molecule has 0 aliphatic rings. The zero-order valence-electron chi connectivity index (χ0n) is 16.5. The lowest BCUT2D eigenvalue weighted by Crippen LogP contribution is -2.17. The van der Waals surface area contributed by atoms with E-state index in [4.69, 9.17) is 11.6 Å². The first-order valence-electron chi connectivity index (χ1n) is 9.92. The van der Waals surface area contributed by atoms with Gasteiger partial charge in [0, 0.05) is 46.4 Å². The molecule has 0 bridgehead atoms. The molecule has 6 aromatic rings. The molecule has 0 saturated heterocycles. The van der Waals surface area contributed by atoms with Crippen LogP contribution in [0.2, 0.25) is 5.02 Å². The lowest BCUT2D eigenvalue weighted by Gasteiger charge is -2.14. The molecule has 0 unspecified atom stereocenters. The summed E-state index contributed by atoms with van der Waals surface area (Å²) >= 11 is 6.02. The number of H-pyrrole nitrogens is 1. The van der Waals surface area contributed by atoms with Gasteiger partial charge in [-0.05, 0) is 54.1 Å². The Morgan fingerprint density at radius 2 is 1.78 bits per heavy atom. The number of aromatic amines is 1. The zero-order chi connectivity index (χ0) is 21.8. The van der Waals surface area contributed by atoms with E-state index in [9.17, 15) is 9.18 Å². The maximum Gasteiger partial charge on any atom is 0.255 e. The van der Waals surface area contributed by atoms with Gasteiger partial charge in [0.15, 0.2) is 0 Å². The lowest BCUT2D eigenvalue weighted by molar-refractivity contribution is 0.628. The van der Waals surface area contributed by atoms with Crippen molar-refractivity contribution in [2.24, 2.45) is 0 Å². The summed E-state index contributed by atoms with van der Waals surface area (Å²) in [6, 6.07) is 17.4. The van der Waals surface area contributed by atoms with E-state index >= 15 is 0 Å². The molecule has 0 radical (unpaired) electrons. The second-order valence-electron chi connectivity index (χ2n) is 7.54. The SMILES string of the molecule is O=c1ccc2cnc3ccc(-c4cnc5[nH]ccc5c4)cc3c2n1-c1ccc(F)c(Cl)c1. The monoisotopic (exact) mass is 440 g/mol. The molecule has 0 spiro atoms. The molecule has 0 aliphatic carbocycles. The van der Waals surface area contributed by atoms with Gasteiger partial charge in [-0.3, -0.25) is 14.3 Å². The Bertz CT molecular complexity index is 1740. The number of nitrogens with zero attached hydrogens (tertiary/aromatic N) is 3. The molecule has 6 rings (SSSR count). The number of fused-ring (bicyclic) bond motifs is 4. The van der Waals surface area contributed by atoms with E-state index < -0.39 is 5.82 Å². The quantitative estimate of drug-likeness (QED) is 0.342. The van der Waals surface area contributed by atoms with Gasteiger partial charge < -0.3 is 4.98 Å². The standard InChI is InChI=1S/C25H14ClFN4O/c26-20-11-18(3-4-21(20)27)31-23(32)6-2-16-12-29-22-5-1-14(10-19(22)24(16)31)17-9-15-7-8-28-25(15)30-13-17/h1-13H,(H,28,30). The van der Waals surface area contributed by atoms with E-state index in [1.54, 1.807) is 22.9 Å². The van der Waals surface area contributed by atoms with E-state index in [-0.39, 0.29) is 10.6 Å². The molecule has 32 heavy (non-hydrogen) atoms. The number of benzene rings is 2. The van der Waals surface area contributed by atoms with E-state index in [2.05, 4.69) is 21.0 Å². The second-order valence-corrected chi connectivity index (χ2v) is 7.95. The average molecular weight is 441 g/mol. The first-order valence-corrected chi connectivity index (χ1v) is 10.3. The molecule has 2 aromatic carbocycles. The first kappa shape index (κ1) is 18.7. The van der Waals surface area contributed by atoms with Crippen LogP contribution >= 0.6 is 11.6 Å². The van der Waals surface area contributed by atoms with Gasteiger partial charge in [-0.15, -0.1) is 0 Å². The van der Waals surface area contributed by atoms with Gasteiger partial charge in [-0.25, -0.2) is 9.37 Å². The van der Waals surface area contributed by atoms with Crippen molar-refractivity contribution in [1.82, 2.24) is 19.5 Å². The third kappa shape index (κ3) is 2.88. The molecule has 0 amide bonds. The number of nitrogens with one attached hydrogen (secondary N) is 1. The summed E-state index contributed by atoms with van der Waals surface area (Å²) in [6.45, 7) is 0. The van der Waals surface area contributed by atoms with Crippen LogP contribution in [-0.4, -0.2) is 19.5 Å². The largest absolute Gasteiger partial charge is 0.346 e. The minimum Gasteiger partial charge on any atom is -0.346 e. The van der Waals surface area contributed by atoms with E-state index in [0.29, 0.717) is 11.2 Å². The highest BCUT2D eigenvalue weighted by atomic mass is 35.5. The van der Waals surface area contributed by atoms with E-state index in [1.165, 1.54) is 18.2 Å². The molecule has 4 aromatic heterocycles. The van der Waals surface area contributed by atoms with Crippen molar-refractivity contribution < 1.29 is 4.39 Å². The van der Waals surface area contributed by atoms with E-state index in [1.807, 2.05) is 36.7 Å². The highest BCUT2D eigenvalue weighted by Crippen LogP contribution is 2.30. The van der Waals surface area contributed by atoms with Gasteiger partial charge in [-0.1, -0.05) is 17.7 Å². The Balaban J connectivity index is 1.67. The summed E-state index contributed by atoms with van der Waals surface area (Å²) in [7, 11) is 0. The number of pyridine rings is 3. The predicted molar refractivity (Wildman–Crippen MR) is 125 cm³/mol. The minimum atomic E-state index is -0.537. The molecule has 0 aliphatic heterocycles. The summed E-state index contributed by atoms with van der Waals surface area (Å²) in [5.41, 5.74) is 4.39. The van der Waals surface area contributed by atoms with Crippen LogP contribution in [-0.2, 0) is 0 Å². The first-order chi connectivity index (χ1) is 15.6. The third-order valence-electron chi connectivity index (χ3n) is 5.61. The summed E-state index contributed by atoms with van der Waals surface area (Å²) in [6.07, 6.45) is 5.39. The van der Waals surface area contributed by atoms with Crippen molar-refractivity contribution in [3.8, 4) is 16.8 Å². The van der Waals surface area contributed by atoms with Gasteiger partial charge in [0.25, 0.3) is 5.56 Å². The van der Waals surface area contributed by atoms with Crippen LogP contribution in [0, 0.1) is 5.82 Å². The molecular formula is C25H14ClFN4O. The highest BCUT2D eigenvalue weighted by molar-refractivity contribution is 6.30.